The largest absolute Gasteiger partial charge is 0.378 e. The monoisotopic (exact) mass is 414 g/mol. The quantitative estimate of drug-likeness (QED) is 0.465. The molecular formula is C27H30N2O2. The number of oxime groups is 1. The minimum absolute atomic E-state index is 0.106. The molecule has 0 saturated heterocycles. The molecule has 2 aromatic rings. The van der Waals surface area contributed by atoms with Crippen molar-refractivity contribution in [3.05, 3.63) is 82.9 Å². The van der Waals surface area contributed by atoms with Gasteiger partial charge in [-0.1, -0.05) is 79.2 Å². The van der Waals surface area contributed by atoms with Gasteiger partial charge in [0.05, 0.1) is 5.57 Å². The van der Waals surface area contributed by atoms with Crippen molar-refractivity contribution < 1.29 is 9.63 Å². The summed E-state index contributed by atoms with van der Waals surface area (Å²) >= 11 is 0. The maximum Gasteiger partial charge on any atom is 0.368 e. The van der Waals surface area contributed by atoms with E-state index in [0.29, 0.717) is 17.2 Å². The first-order valence-corrected chi connectivity index (χ1v) is 10.9. The Hall–Kier alpha value is -3.14. The van der Waals surface area contributed by atoms with Crippen LogP contribution in [0.5, 0.6) is 0 Å². The van der Waals surface area contributed by atoms with Gasteiger partial charge in [-0.05, 0) is 48.3 Å². The minimum Gasteiger partial charge on any atom is -0.378 e. The number of carbonyl (C=O) groups is 1. The van der Waals surface area contributed by atoms with Gasteiger partial charge in [0.1, 0.15) is 5.71 Å². The molecule has 1 heterocycles. The van der Waals surface area contributed by atoms with Crippen LogP contribution in [0.1, 0.15) is 44.2 Å². The van der Waals surface area contributed by atoms with Gasteiger partial charge in [-0.15, -0.1) is 0 Å². The average Bonchev–Trinajstić information content (AvgIpc) is 3.13. The number of hydrogen-bond acceptors (Lipinski definition) is 4. The summed E-state index contributed by atoms with van der Waals surface area (Å²) in [5.74, 6) is 0.0405. The normalized spacial score (nSPS) is 23.0. The molecule has 0 bridgehead atoms. The standard InChI is InChI=1S/C27H30N2O2/c1-27(2)17-20(11-10-19-12-14-23(15-13-19)29(3)4)16-22(18-27)24-25(28-31-26(24)30)21-8-6-5-7-9-21/h5-15,20H,16-18H2,1-4H3/b11-10+,24-22-. The Kier molecular flexibility index (Phi) is 5.81. The Morgan fingerprint density at radius 3 is 2.45 bits per heavy atom. The Morgan fingerprint density at radius 2 is 1.77 bits per heavy atom. The van der Waals surface area contributed by atoms with Gasteiger partial charge >= 0.3 is 5.97 Å². The molecule has 31 heavy (non-hydrogen) atoms. The lowest BCUT2D eigenvalue weighted by Crippen LogP contribution is -2.26. The van der Waals surface area contributed by atoms with Gasteiger partial charge in [0.25, 0.3) is 0 Å². The number of anilines is 1. The number of benzene rings is 2. The van der Waals surface area contributed by atoms with Gasteiger partial charge in [0.15, 0.2) is 0 Å². The van der Waals surface area contributed by atoms with Gasteiger partial charge in [-0.25, -0.2) is 4.79 Å². The first-order valence-electron chi connectivity index (χ1n) is 10.9. The lowest BCUT2D eigenvalue weighted by atomic mass is 9.68. The molecule has 1 aliphatic heterocycles. The number of allylic oxidation sites excluding steroid dienone is 2. The maximum atomic E-state index is 12.6. The molecule has 2 aliphatic rings. The van der Waals surface area contributed by atoms with Crippen molar-refractivity contribution in [3.8, 4) is 0 Å². The first kappa shape index (κ1) is 21.1. The molecule has 0 amide bonds. The smallest absolute Gasteiger partial charge is 0.368 e. The van der Waals surface area contributed by atoms with Gasteiger partial charge in [0, 0.05) is 25.3 Å². The summed E-state index contributed by atoms with van der Waals surface area (Å²) in [4.78, 5) is 19.8. The van der Waals surface area contributed by atoms with Crippen LogP contribution < -0.4 is 4.90 Å². The molecule has 160 valence electrons. The molecule has 1 saturated carbocycles. The summed E-state index contributed by atoms with van der Waals surface area (Å²) in [7, 11) is 4.09. The Bertz CT molecular complexity index is 1040. The third-order valence-electron chi connectivity index (χ3n) is 6.05. The van der Waals surface area contributed by atoms with E-state index in [2.05, 4.69) is 60.3 Å². The van der Waals surface area contributed by atoms with Crippen LogP contribution in [0.3, 0.4) is 0 Å². The Morgan fingerprint density at radius 1 is 1.06 bits per heavy atom. The predicted octanol–water partition coefficient (Wildman–Crippen LogP) is 5.85. The highest BCUT2D eigenvalue weighted by molar-refractivity contribution is 6.29. The molecule has 0 aromatic heterocycles. The Labute approximate surface area is 184 Å². The minimum atomic E-state index is -0.325. The fourth-order valence-corrected chi connectivity index (χ4v) is 4.66. The highest BCUT2D eigenvalue weighted by Gasteiger charge is 2.36. The zero-order chi connectivity index (χ0) is 22.0. The summed E-state index contributed by atoms with van der Waals surface area (Å²) in [5, 5.41) is 4.12. The molecule has 4 heteroatoms. The second-order valence-electron chi connectivity index (χ2n) is 9.52. The molecule has 1 aliphatic carbocycles. The van der Waals surface area contributed by atoms with Crippen molar-refractivity contribution in [2.24, 2.45) is 16.5 Å². The molecule has 1 fully saturated rings. The molecular weight excluding hydrogens is 384 g/mol. The van der Waals surface area contributed by atoms with E-state index in [4.69, 9.17) is 4.84 Å². The predicted molar refractivity (Wildman–Crippen MR) is 127 cm³/mol. The SMILES string of the molecule is CN(C)c1ccc(/C=C/C2C/C(=C3/C(=O)ON=C3c3ccccc3)CC(C)(C)C2)cc1. The second kappa shape index (κ2) is 8.54. The number of nitrogens with zero attached hydrogens (tertiary/aromatic N) is 2. The van der Waals surface area contributed by atoms with Gasteiger partial charge < -0.3 is 9.74 Å². The van der Waals surface area contributed by atoms with Crippen molar-refractivity contribution in [1.82, 2.24) is 0 Å². The van der Waals surface area contributed by atoms with E-state index in [1.54, 1.807) is 0 Å². The number of carbonyl (C=O) groups excluding carboxylic acids is 1. The molecule has 1 atom stereocenters. The molecule has 4 nitrogen and oxygen atoms in total. The lowest BCUT2D eigenvalue weighted by molar-refractivity contribution is -0.137. The highest BCUT2D eigenvalue weighted by atomic mass is 16.7. The summed E-state index contributed by atoms with van der Waals surface area (Å²) in [6, 6.07) is 18.4. The van der Waals surface area contributed by atoms with Gasteiger partial charge in [-0.3, -0.25) is 0 Å². The summed E-state index contributed by atoms with van der Waals surface area (Å²) in [6.45, 7) is 4.55. The van der Waals surface area contributed by atoms with Crippen molar-refractivity contribution in [1.29, 1.82) is 0 Å². The third kappa shape index (κ3) is 4.79. The van der Waals surface area contributed by atoms with E-state index in [1.807, 2.05) is 44.4 Å². The van der Waals surface area contributed by atoms with Crippen molar-refractivity contribution in [2.75, 3.05) is 19.0 Å². The van der Waals surface area contributed by atoms with Crippen LogP contribution >= 0.6 is 0 Å². The topological polar surface area (TPSA) is 41.9 Å². The van der Waals surface area contributed by atoms with Gasteiger partial charge in [0.2, 0.25) is 0 Å². The number of hydrogen-bond donors (Lipinski definition) is 0. The highest BCUT2D eigenvalue weighted by Crippen LogP contribution is 2.44. The molecule has 0 N–H and O–H groups in total. The van der Waals surface area contributed by atoms with E-state index in [9.17, 15) is 4.79 Å². The van der Waals surface area contributed by atoms with Crippen molar-refractivity contribution >= 4 is 23.4 Å². The van der Waals surface area contributed by atoms with Crippen LogP contribution in [-0.4, -0.2) is 25.8 Å². The summed E-state index contributed by atoms with van der Waals surface area (Å²) in [5.41, 5.74) is 5.89. The van der Waals surface area contributed by atoms with Crippen LogP contribution in [0, 0.1) is 11.3 Å². The van der Waals surface area contributed by atoms with Crippen LogP contribution in [-0.2, 0) is 9.63 Å². The van der Waals surface area contributed by atoms with E-state index >= 15 is 0 Å². The van der Waals surface area contributed by atoms with E-state index in [0.717, 1.165) is 30.4 Å². The van der Waals surface area contributed by atoms with Gasteiger partial charge in [-0.2, -0.15) is 0 Å². The van der Waals surface area contributed by atoms with Crippen LogP contribution in [0.25, 0.3) is 6.08 Å². The van der Waals surface area contributed by atoms with Crippen LogP contribution in [0.15, 0.2) is 77.0 Å². The maximum absolute atomic E-state index is 12.6. The molecule has 4 rings (SSSR count). The van der Waals surface area contributed by atoms with E-state index in [-0.39, 0.29) is 11.4 Å². The second-order valence-corrected chi connectivity index (χ2v) is 9.52. The zero-order valence-electron chi connectivity index (χ0n) is 18.8. The van der Waals surface area contributed by atoms with Crippen LogP contribution in [0.2, 0.25) is 0 Å². The molecule has 2 aromatic carbocycles. The fraction of sp³-hybridized carbons (Fsp3) is 0.333. The number of rotatable bonds is 4. The van der Waals surface area contributed by atoms with E-state index < -0.39 is 0 Å². The lowest BCUT2D eigenvalue weighted by Gasteiger charge is -2.36. The first-order chi connectivity index (χ1) is 14.8. The molecule has 0 spiro atoms. The van der Waals surface area contributed by atoms with Crippen molar-refractivity contribution in [3.63, 3.8) is 0 Å². The summed E-state index contributed by atoms with van der Waals surface area (Å²) < 4.78 is 0. The van der Waals surface area contributed by atoms with E-state index in [1.165, 1.54) is 11.3 Å². The third-order valence-corrected chi connectivity index (χ3v) is 6.05. The van der Waals surface area contributed by atoms with Crippen molar-refractivity contribution in [2.45, 2.75) is 33.1 Å². The fourth-order valence-electron chi connectivity index (χ4n) is 4.66. The zero-order valence-corrected chi connectivity index (χ0v) is 18.8. The molecule has 0 radical (unpaired) electrons. The molecule has 1 unspecified atom stereocenters. The summed E-state index contributed by atoms with van der Waals surface area (Å²) in [6.07, 6.45) is 7.32. The average molecular weight is 415 g/mol. The van der Waals surface area contributed by atoms with Crippen LogP contribution in [0.4, 0.5) is 5.69 Å². The Balaban J connectivity index is 1.61.